The number of nitro groups is 1. The predicted octanol–water partition coefficient (Wildman–Crippen LogP) is -0.154. The Balaban J connectivity index is 2.64. The van der Waals surface area contributed by atoms with E-state index in [1.54, 1.807) is 0 Å². The third-order valence-corrected chi connectivity index (χ3v) is 2.28. The third kappa shape index (κ3) is 3.88. The summed E-state index contributed by atoms with van der Waals surface area (Å²) in [5.41, 5.74) is 4.77. The molecule has 1 heterocycles. The van der Waals surface area contributed by atoms with E-state index in [9.17, 15) is 14.9 Å². The highest BCUT2D eigenvalue weighted by Gasteiger charge is 2.22. The summed E-state index contributed by atoms with van der Waals surface area (Å²) < 4.78 is 1.08. The lowest BCUT2D eigenvalue weighted by atomic mass is 10.4. The number of nitrogens with zero attached hydrogens (tertiary/aromatic N) is 3. The van der Waals surface area contributed by atoms with Gasteiger partial charge in [-0.1, -0.05) is 0 Å². The summed E-state index contributed by atoms with van der Waals surface area (Å²) in [5, 5.41) is 13.7. The molecule has 0 bridgehead atoms. The molecule has 19 heavy (non-hydrogen) atoms. The van der Waals surface area contributed by atoms with Gasteiger partial charge in [-0.05, 0) is 31.0 Å². The molecule has 0 unspecified atom stereocenters. The standard InChI is InChI=1S/C9H14N6O3S/c1-5(2)11-9(19)13-12-8(16)7-10-4-6(14(7)3)15(17)18/h4-5H,1-3H3,(H,12,16)(H2,11,13,19). The van der Waals surface area contributed by atoms with Gasteiger partial charge in [-0.3, -0.25) is 15.6 Å². The van der Waals surface area contributed by atoms with Crippen molar-refractivity contribution in [2.24, 2.45) is 7.05 Å². The number of hydrazine groups is 1. The van der Waals surface area contributed by atoms with E-state index >= 15 is 0 Å². The van der Waals surface area contributed by atoms with Gasteiger partial charge in [0.25, 0.3) is 5.82 Å². The van der Waals surface area contributed by atoms with Crippen LogP contribution < -0.4 is 16.2 Å². The van der Waals surface area contributed by atoms with E-state index in [4.69, 9.17) is 12.2 Å². The molecule has 1 amide bonds. The quantitative estimate of drug-likeness (QED) is 0.402. The summed E-state index contributed by atoms with van der Waals surface area (Å²) >= 11 is 4.91. The van der Waals surface area contributed by atoms with Crippen LogP contribution in [0, 0.1) is 10.1 Å². The highest BCUT2D eigenvalue weighted by molar-refractivity contribution is 7.80. The van der Waals surface area contributed by atoms with Gasteiger partial charge in [0.1, 0.15) is 6.20 Å². The molecule has 0 aliphatic heterocycles. The lowest BCUT2D eigenvalue weighted by Gasteiger charge is -2.12. The average molecular weight is 286 g/mol. The highest BCUT2D eigenvalue weighted by atomic mass is 32.1. The average Bonchev–Trinajstić information content (AvgIpc) is 2.67. The fraction of sp³-hybridized carbons (Fsp3) is 0.444. The second-order valence-electron chi connectivity index (χ2n) is 3.96. The molecule has 10 heteroatoms. The Labute approximate surface area is 114 Å². The molecular weight excluding hydrogens is 272 g/mol. The number of nitrogens with one attached hydrogen (secondary N) is 3. The molecule has 1 rings (SSSR count). The van der Waals surface area contributed by atoms with E-state index in [1.165, 1.54) is 7.05 Å². The topological polar surface area (TPSA) is 114 Å². The third-order valence-electron chi connectivity index (χ3n) is 2.06. The van der Waals surface area contributed by atoms with Crippen LogP contribution in [0.5, 0.6) is 0 Å². The van der Waals surface area contributed by atoms with Gasteiger partial charge in [0.2, 0.25) is 0 Å². The maximum Gasteiger partial charge on any atom is 0.343 e. The first-order chi connectivity index (χ1) is 8.82. The van der Waals surface area contributed by atoms with Gasteiger partial charge in [0.05, 0.1) is 7.05 Å². The fourth-order valence-corrected chi connectivity index (χ4v) is 1.54. The summed E-state index contributed by atoms with van der Waals surface area (Å²) in [7, 11) is 1.38. The second-order valence-corrected chi connectivity index (χ2v) is 4.37. The monoisotopic (exact) mass is 286 g/mol. The van der Waals surface area contributed by atoms with Gasteiger partial charge in [0, 0.05) is 6.04 Å². The number of hydrogen-bond acceptors (Lipinski definition) is 5. The van der Waals surface area contributed by atoms with Crippen molar-refractivity contribution in [1.82, 2.24) is 25.7 Å². The minimum absolute atomic E-state index is 0.0912. The number of hydrogen-bond donors (Lipinski definition) is 3. The molecule has 1 aromatic heterocycles. The van der Waals surface area contributed by atoms with Crippen LogP contribution in [0.25, 0.3) is 0 Å². The normalized spacial score (nSPS) is 10.1. The molecule has 0 aliphatic rings. The highest BCUT2D eigenvalue weighted by Crippen LogP contribution is 2.10. The Morgan fingerprint density at radius 1 is 1.53 bits per heavy atom. The Morgan fingerprint density at radius 2 is 2.16 bits per heavy atom. The first kappa shape index (κ1) is 14.8. The van der Waals surface area contributed by atoms with Crippen molar-refractivity contribution in [3.8, 4) is 0 Å². The number of amides is 1. The van der Waals surface area contributed by atoms with Crippen molar-refractivity contribution >= 4 is 29.1 Å². The summed E-state index contributed by atoms with van der Waals surface area (Å²) in [6.45, 7) is 3.77. The van der Waals surface area contributed by atoms with Crippen molar-refractivity contribution in [1.29, 1.82) is 0 Å². The lowest BCUT2D eigenvalue weighted by Crippen LogP contribution is -2.49. The molecule has 0 aromatic carbocycles. The molecule has 0 aliphatic carbocycles. The molecule has 0 fully saturated rings. The van der Waals surface area contributed by atoms with Gasteiger partial charge in [-0.2, -0.15) is 0 Å². The number of aromatic nitrogens is 2. The summed E-state index contributed by atoms with van der Waals surface area (Å²) in [6, 6.07) is 0.117. The van der Waals surface area contributed by atoms with Gasteiger partial charge in [-0.25, -0.2) is 9.55 Å². The van der Waals surface area contributed by atoms with E-state index in [0.717, 1.165) is 10.8 Å². The second kappa shape index (κ2) is 6.09. The lowest BCUT2D eigenvalue weighted by molar-refractivity contribution is -0.391. The van der Waals surface area contributed by atoms with Crippen LogP contribution in [0.2, 0.25) is 0 Å². The number of carbonyl (C=O) groups is 1. The van der Waals surface area contributed by atoms with E-state index in [1.807, 2.05) is 13.8 Å². The maximum absolute atomic E-state index is 11.7. The largest absolute Gasteiger partial charge is 0.359 e. The van der Waals surface area contributed by atoms with Crippen molar-refractivity contribution in [3.05, 3.63) is 22.1 Å². The number of imidazole rings is 1. The zero-order valence-corrected chi connectivity index (χ0v) is 11.4. The van der Waals surface area contributed by atoms with Gasteiger partial charge in [-0.15, -0.1) is 0 Å². The molecule has 0 spiro atoms. The van der Waals surface area contributed by atoms with Gasteiger partial charge >= 0.3 is 11.7 Å². The molecule has 104 valence electrons. The van der Waals surface area contributed by atoms with Crippen molar-refractivity contribution < 1.29 is 9.72 Å². The zero-order valence-electron chi connectivity index (χ0n) is 10.6. The van der Waals surface area contributed by atoms with Crippen molar-refractivity contribution in [2.45, 2.75) is 19.9 Å². The van der Waals surface area contributed by atoms with Crippen LogP contribution in [-0.2, 0) is 7.05 Å². The smallest absolute Gasteiger partial charge is 0.343 e. The van der Waals surface area contributed by atoms with E-state index in [-0.39, 0.29) is 22.8 Å². The van der Waals surface area contributed by atoms with Crippen LogP contribution in [-0.4, -0.2) is 31.5 Å². The fourth-order valence-electron chi connectivity index (χ4n) is 1.25. The van der Waals surface area contributed by atoms with E-state index < -0.39 is 10.8 Å². The SMILES string of the molecule is CC(C)NC(=S)NNC(=O)c1ncc([N+](=O)[O-])n1C. The molecule has 0 saturated heterocycles. The minimum atomic E-state index is -0.623. The molecular formula is C9H14N6O3S. The molecule has 1 aromatic rings. The Hall–Kier alpha value is -2.23. The molecule has 3 N–H and O–H groups in total. The van der Waals surface area contributed by atoms with Crippen molar-refractivity contribution in [3.63, 3.8) is 0 Å². The summed E-state index contributed by atoms with van der Waals surface area (Å²) in [6.07, 6.45) is 1.01. The first-order valence-corrected chi connectivity index (χ1v) is 5.76. The minimum Gasteiger partial charge on any atom is -0.359 e. The van der Waals surface area contributed by atoms with Crippen LogP contribution >= 0.6 is 12.2 Å². The van der Waals surface area contributed by atoms with E-state index in [0.29, 0.717) is 0 Å². The van der Waals surface area contributed by atoms with Crippen LogP contribution in [0.15, 0.2) is 6.20 Å². The summed E-state index contributed by atoms with van der Waals surface area (Å²) in [5.74, 6) is -0.983. The van der Waals surface area contributed by atoms with Crippen LogP contribution in [0.1, 0.15) is 24.5 Å². The molecule has 9 nitrogen and oxygen atoms in total. The number of rotatable bonds is 3. The number of carbonyl (C=O) groups excluding carboxylic acids is 1. The molecule has 0 radical (unpaired) electrons. The summed E-state index contributed by atoms with van der Waals surface area (Å²) in [4.78, 5) is 25.4. The van der Waals surface area contributed by atoms with Crippen molar-refractivity contribution in [2.75, 3.05) is 0 Å². The molecule has 0 saturated carbocycles. The maximum atomic E-state index is 11.7. The van der Waals surface area contributed by atoms with Crippen LogP contribution in [0.4, 0.5) is 5.82 Å². The van der Waals surface area contributed by atoms with Crippen LogP contribution in [0.3, 0.4) is 0 Å². The first-order valence-electron chi connectivity index (χ1n) is 5.36. The van der Waals surface area contributed by atoms with Gasteiger partial charge < -0.3 is 15.4 Å². The Morgan fingerprint density at radius 3 is 2.63 bits per heavy atom. The number of thiocarbonyl (C=S) groups is 1. The zero-order chi connectivity index (χ0) is 14.6. The van der Waals surface area contributed by atoms with E-state index in [2.05, 4.69) is 21.2 Å². The Bertz CT molecular complexity index is 512. The molecule has 0 atom stereocenters. The predicted molar refractivity (Wildman–Crippen MR) is 71.3 cm³/mol. The Kier molecular flexibility index (Phi) is 4.75. The van der Waals surface area contributed by atoms with Gasteiger partial charge in [0.15, 0.2) is 5.11 Å².